The van der Waals surface area contributed by atoms with Crippen LogP contribution in [-0.2, 0) is 0 Å². The van der Waals surface area contributed by atoms with E-state index in [-0.39, 0.29) is 0 Å². The van der Waals surface area contributed by atoms with Crippen molar-refractivity contribution in [3.8, 4) is 0 Å². The molecule has 0 aliphatic carbocycles. The molecule has 0 heterocycles. The molecule has 0 N–H and O–H groups in total. The number of hydrogen-bond donors (Lipinski definition) is 0. The summed E-state index contributed by atoms with van der Waals surface area (Å²) >= 11 is 5.77. The van der Waals surface area contributed by atoms with Gasteiger partial charge in [0.05, 0.1) is 0 Å². The van der Waals surface area contributed by atoms with Crippen molar-refractivity contribution in [3.05, 3.63) is 41.3 Å². The molecule has 0 fully saturated rings. The van der Waals surface area contributed by atoms with Crippen LogP contribution in [0.5, 0.6) is 0 Å². The first-order valence-corrected chi connectivity index (χ1v) is 3.16. The second kappa shape index (κ2) is 2.40. The van der Waals surface area contributed by atoms with E-state index in [9.17, 15) is 0 Å². The van der Waals surface area contributed by atoms with Crippen molar-refractivity contribution in [1.82, 2.24) is 0 Å². The largest absolute Gasteiger partial charge is 0.0840 e. The number of halogens is 1. The Balaban J connectivity index is 3.25. The van der Waals surface area contributed by atoms with E-state index >= 15 is 0 Å². The summed E-state index contributed by atoms with van der Waals surface area (Å²) in [6, 6.07) is 5.71. The predicted molar refractivity (Wildman–Crippen MR) is 40.6 cm³/mol. The van der Waals surface area contributed by atoms with Crippen LogP contribution >= 0.6 is 11.6 Å². The molecule has 0 spiro atoms. The summed E-state index contributed by atoms with van der Waals surface area (Å²) in [4.78, 5) is 0. The Hall–Kier alpha value is -0.490. The molecule has 0 amide bonds. The minimum Gasteiger partial charge on any atom is -0.0840 e. The Morgan fingerprint density at radius 3 is 2.56 bits per heavy atom. The van der Waals surface area contributed by atoms with E-state index in [1.807, 2.05) is 25.1 Å². The third-order valence-electron chi connectivity index (χ3n) is 1.38. The minimum atomic E-state index is 0.794. The molecule has 47 valence electrons. The second-order valence-electron chi connectivity index (χ2n) is 2.02. The fourth-order valence-electron chi connectivity index (χ4n) is 0.652. The molecule has 0 unspecified atom stereocenters. The van der Waals surface area contributed by atoms with Gasteiger partial charge >= 0.3 is 0 Å². The summed E-state index contributed by atoms with van der Waals surface area (Å²) in [6.07, 6.45) is 0. The van der Waals surface area contributed by atoms with Crippen molar-refractivity contribution in [2.24, 2.45) is 0 Å². The van der Waals surface area contributed by atoms with E-state index in [4.69, 9.17) is 11.6 Å². The molecule has 0 aliphatic heterocycles. The molecule has 0 saturated heterocycles. The van der Waals surface area contributed by atoms with Gasteiger partial charge in [-0.25, -0.2) is 0 Å². The predicted octanol–water partition coefficient (Wildman–Crippen LogP) is 2.83. The fourth-order valence-corrected chi connectivity index (χ4v) is 0.846. The van der Waals surface area contributed by atoms with Crippen LogP contribution in [0.2, 0.25) is 5.02 Å². The molecule has 1 aromatic carbocycles. The van der Waals surface area contributed by atoms with Gasteiger partial charge in [-0.05, 0) is 31.0 Å². The monoisotopic (exact) mass is 139 g/mol. The van der Waals surface area contributed by atoms with Crippen molar-refractivity contribution in [3.63, 3.8) is 0 Å². The van der Waals surface area contributed by atoms with Crippen LogP contribution in [-0.4, -0.2) is 0 Å². The maximum absolute atomic E-state index is 5.77. The van der Waals surface area contributed by atoms with Gasteiger partial charge in [0.15, 0.2) is 0 Å². The lowest BCUT2D eigenvalue weighted by atomic mass is 10.1. The zero-order valence-electron chi connectivity index (χ0n) is 5.32. The molecular weight excluding hydrogens is 132 g/mol. The van der Waals surface area contributed by atoms with E-state index < -0.39 is 0 Å². The average Bonchev–Trinajstić information content (AvgIpc) is 1.83. The Morgan fingerprint density at radius 1 is 1.44 bits per heavy atom. The van der Waals surface area contributed by atoms with Gasteiger partial charge in [0, 0.05) is 5.02 Å². The summed E-state index contributed by atoms with van der Waals surface area (Å²) in [6.45, 7) is 5.76. The van der Waals surface area contributed by atoms with Gasteiger partial charge < -0.3 is 0 Å². The van der Waals surface area contributed by atoms with Gasteiger partial charge in [-0.15, -0.1) is 0 Å². The zero-order valence-corrected chi connectivity index (χ0v) is 6.07. The van der Waals surface area contributed by atoms with Crippen LogP contribution in [0.4, 0.5) is 0 Å². The second-order valence-corrected chi connectivity index (χ2v) is 2.43. The molecule has 0 bridgehead atoms. The van der Waals surface area contributed by atoms with Crippen LogP contribution in [0.15, 0.2) is 18.2 Å². The van der Waals surface area contributed by atoms with Crippen LogP contribution in [0.1, 0.15) is 11.1 Å². The number of rotatable bonds is 0. The lowest BCUT2D eigenvalue weighted by Gasteiger charge is -1.98. The standard InChI is InChI=1S/C8H8Cl/c1-6-4-3-5-8(9)7(6)2/h3-5H,1H2,2H3. The Kier molecular flexibility index (Phi) is 1.77. The molecule has 0 atom stereocenters. The summed E-state index contributed by atoms with van der Waals surface area (Å²) < 4.78 is 0. The molecule has 1 aromatic rings. The van der Waals surface area contributed by atoms with Crippen molar-refractivity contribution >= 4 is 11.6 Å². The number of benzene rings is 1. The maximum atomic E-state index is 5.77. The first-order chi connectivity index (χ1) is 4.22. The fraction of sp³-hybridized carbons (Fsp3) is 0.125. The Bertz CT molecular complexity index is 196. The highest BCUT2D eigenvalue weighted by Gasteiger charge is 1.94. The molecule has 0 aliphatic rings. The van der Waals surface area contributed by atoms with Crippen molar-refractivity contribution in [1.29, 1.82) is 0 Å². The summed E-state index contributed by atoms with van der Waals surface area (Å²) in [5, 5.41) is 0.794. The molecule has 1 rings (SSSR count). The summed E-state index contributed by atoms with van der Waals surface area (Å²) in [5.41, 5.74) is 2.07. The topological polar surface area (TPSA) is 0 Å². The van der Waals surface area contributed by atoms with Crippen molar-refractivity contribution < 1.29 is 0 Å². The van der Waals surface area contributed by atoms with Crippen LogP contribution < -0.4 is 0 Å². The van der Waals surface area contributed by atoms with Crippen LogP contribution in [0.25, 0.3) is 0 Å². The third-order valence-corrected chi connectivity index (χ3v) is 1.79. The lowest BCUT2D eigenvalue weighted by molar-refractivity contribution is 1.42. The molecule has 1 radical (unpaired) electrons. The van der Waals surface area contributed by atoms with Crippen molar-refractivity contribution in [2.75, 3.05) is 0 Å². The smallest absolute Gasteiger partial charge is 0.0437 e. The van der Waals surface area contributed by atoms with E-state index in [0.717, 1.165) is 16.1 Å². The molecular formula is C8H8Cl. The van der Waals surface area contributed by atoms with E-state index in [1.54, 1.807) is 0 Å². The quantitative estimate of drug-likeness (QED) is 0.519. The van der Waals surface area contributed by atoms with Gasteiger partial charge in [-0.1, -0.05) is 23.7 Å². The highest BCUT2D eigenvalue weighted by Crippen LogP contribution is 2.16. The molecule has 0 nitrogen and oxygen atoms in total. The highest BCUT2D eigenvalue weighted by atomic mass is 35.5. The van der Waals surface area contributed by atoms with Crippen LogP contribution in [0, 0.1) is 13.8 Å². The molecule has 1 heteroatoms. The number of hydrogen-bond acceptors (Lipinski definition) is 0. The molecule has 0 aromatic heterocycles. The third kappa shape index (κ3) is 1.25. The van der Waals surface area contributed by atoms with Crippen molar-refractivity contribution in [2.45, 2.75) is 6.92 Å². The summed E-state index contributed by atoms with van der Waals surface area (Å²) in [7, 11) is 0. The summed E-state index contributed by atoms with van der Waals surface area (Å²) in [5.74, 6) is 0. The van der Waals surface area contributed by atoms with E-state index in [0.29, 0.717) is 0 Å². The average molecular weight is 140 g/mol. The zero-order chi connectivity index (χ0) is 6.85. The van der Waals surface area contributed by atoms with E-state index in [1.165, 1.54) is 0 Å². The first-order valence-electron chi connectivity index (χ1n) is 2.79. The van der Waals surface area contributed by atoms with Gasteiger partial charge in [-0.3, -0.25) is 0 Å². The van der Waals surface area contributed by atoms with Gasteiger partial charge in [0.1, 0.15) is 0 Å². The minimum absolute atomic E-state index is 0.794. The van der Waals surface area contributed by atoms with Crippen LogP contribution in [0.3, 0.4) is 0 Å². The Labute approximate surface area is 60.5 Å². The van der Waals surface area contributed by atoms with Gasteiger partial charge in [-0.2, -0.15) is 0 Å². The SMILES string of the molecule is [CH2]c1cccc(Cl)c1C. The van der Waals surface area contributed by atoms with E-state index in [2.05, 4.69) is 6.92 Å². The molecule has 0 saturated carbocycles. The normalized spacial score (nSPS) is 9.67. The van der Waals surface area contributed by atoms with Gasteiger partial charge in [0.25, 0.3) is 0 Å². The Morgan fingerprint density at radius 2 is 2.11 bits per heavy atom. The van der Waals surface area contributed by atoms with Gasteiger partial charge in [0.2, 0.25) is 0 Å². The maximum Gasteiger partial charge on any atom is 0.0437 e. The first kappa shape index (κ1) is 6.63. The lowest BCUT2D eigenvalue weighted by Crippen LogP contribution is -1.78. The molecule has 9 heavy (non-hydrogen) atoms. The highest BCUT2D eigenvalue weighted by molar-refractivity contribution is 6.31.